The number of nitro groups is 2. The minimum atomic E-state index is -0.816. The summed E-state index contributed by atoms with van der Waals surface area (Å²) in [7, 11) is 0. The van der Waals surface area contributed by atoms with Crippen LogP contribution < -0.4 is 10.2 Å². The number of nitrogens with one attached hydrogen (secondary N) is 1. The Bertz CT molecular complexity index is 1210. The van der Waals surface area contributed by atoms with Gasteiger partial charge < -0.3 is 19.7 Å². The van der Waals surface area contributed by atoms with E-state index < -0.39 is 39.1 Å². The molecule has 0 spiro atoms. The minimum absolute atomic E-state index is 0.0517. The van der Waals surface area contributed by atoms with Crippen LogP contribution in [0.3, 0.4) is 0 Å². The van der Waals surface area contributed by atoms with Gasteiger partial charge in [-0.2, -0.15) is 0 Å². The van der Waals surface area contributed by atoms with E-state index in [9.17, 15) is 34.6 Å². The fourth-order valence-corrected chi connectivity index (χ4v) is 3.03. The van der Waals surface area contributed by atoms with Gasteiger partial charge in [0, 0.05) is 32.5 Å². The van der Waals surface area contributed by atoms with Crippen LogP contribution in [-0.2, 0) is 23.9 Å². The summed E-state index contributed by atoms with van der Waals surface area (Å²) in [4.78, 5) is 56.5. The second kappa shape index (κ2) is 13.2. The fourth-order valence-electron chi connectivity index (χ4n) is 3.03. The normalized spacial score (nSPS) is 10.6. The first-order valence-corrected chi connectivity index (χ1v) is 10.8. The Labute approximate surface area is 210 Å². The Morgan fingerprint density at radius 1 is 0.865 bits per heavy atom. The quantitative estimate of drug-likeness (QED) is 0.187. The molecule has 2 rings (SSSR count). The summed E-state index contributed by atoms with van der Waals surface area (Å²) in [5.41, 5.74) is -0.398. The smallest absolute Gasteiger partial charge is 0.303 e. The maximum absolute atomic E-state index is 11.8. The molecule has 0 atom stereocenters. The van der Waals surface area contributed by atoms with E-state index in [0.29, 0.717) is 5.69 Å². The molecule has 2 aromatic rings. The summed E-state index contributed by atoms with van der Waals surface area (Å²) in [5.74, 6) is -1.36. The van der Waals surface area contributed by atoms with E-state index in [4.69, 9.17) is 9.47 Å². The van der Waals surface area contributed by atoms with E-state index in [-0.39, 0.29) is 43.4 Å². The second-order valence-electron chi connectivity index (χ2n) is 7.44. The van der Waals surface area contributed by atoms with Crippen LogP contribution in [0.2, 0.25) is 0 Å². The lowest BCUT2D eigenvalue weighted by atomic mass is 10.2. The average molecular weight is 516 g/mol. The number of carbonyl (C=O) groups excluding carboxylic acids is 3. The number of esters is 2. The number of carbonyl (C=O) groups is 3. The number of nitrogens with zero attached hydrogens (tertiary/aromatic N) is 5. The van der Waals surface area contributed by atoms with Gasteiger partial charge in [0.15, 0.2) is 5.69 Å². The molecule has 0 bridgehead atoms. The minimum Gasteiger partial charge on any atom is -0.464 e. The van der Waals surface area contributed by atoms with Gasteiger partial charge in [0.1, 0.15) is 18.9 Å². The van der Waals surface area contributed by atoms with Crippen LogP contribution in [0.15, 0.2) is 46.6 Å². The maximum atomic E-state index is 11.8. The topological polar surface area (TPSA) is 196 Å². The molecule has 0 saturated carbocycles. The van der Waals surface area contributed by atoms with Crippen molar-refractivity contribution < 1.29 is 33.7 Å². The largest absolute Gasteiger partial charge is 0.464 e. The molecular weight excluding hydrogens is 492 g/mol. The number of azo groups is 1. The molecule has 0 fully saturated rings. The highest BCUT2D eigenvalue weighted by Gasteiger charge is 2.20. The van der Waals surface area contributed by atoms with E-state index in [1.807, 2.05) is 0 Å². The Balaban J connectivity index is 2.41. The molecule has 0 saturated heterocycles. The maximum Gasteiger partial charge on any atom is 0.303 e. The van der Waals surface area contributed by atoms with Crippen molar-refractivity contribution in [1.29, 1.82) is 0 Å². The van der Waals surface area contributed by atoms with Crippen LogP contribution in [0.5, 0.6) is 0 Å². The predicted molar refractivity (Wildman–Crippen MR) is 130 cm³/mol. The Morgan fingerprint density at radius 3 is 1.95 bits per heavy atom. The molecule has 37 heavy (non-hydrogen) atoms. The molecule has 15 heteroatoms. The van der Waals surface area contributed by atoms with Gasteiger partial charge in [0.2, 0.25) is 5.91 Å². The molecule has 15 nitrogen and oxygen atoms in total. The lowest BCUT2D eigenvalue weighted by Crippen LogP contribution is -2.32. The number of hydrogen-bond donors (Lipinski definition) is 1. The van der Waals surface area contributed by atoms with Crippen LogP contribution >= 0.6 is 0 Å². The zero-order valence-corrected chi connectivity index (χ0v) is 20.2. The summed E-state index contributed by atoms with van der Waals surface area (Å²) >= 11 is 0. The van der Waals surface area contributed by atoms with E-state index in [0.717, 1.165) is 18.2 Å². The Hall–Kier alpha value is -4.95. The van der Waals surface area contributed by atoms with Gasteiger partial charge in [-0.3, -0.25) is 34.6 Å². The van der Waals surface area contributed by atoms with Gasteiger partial charge >= 0.3 is 17.6 Å². The summed E-state index contributed by atoms with van der Waals surface area (Å²) in [5, 5.41) is 32.7. The average Bonchev–Trinajstić information content (AvgIpc) is 2.81. The molecular formula is C22H24N6O9. The summed E-state index contributed by atoms with van der Waals surface area (Å²) in [6.07, 6.45) is 0. The molecule has 2 aromatic carbocycles. The molecule has 0 unspecified atom stereocenters. The number of hydrogen-bond acceptors (Lipinski definition) is 12. The third kappa shape index (κ3) is 8.97. The first-order valence-electron chi connectivity index (χ1n) is 10.8. The molecule has 1 amide bonds. The van der Waals surface area contributed by atoms with Crippen molar-refractivity contribution in [2.45, 2.75) is 20.8 Å². The molecule has 0 aliphatic rings. The van der Waals surface area contributed by atoms with Gasteiger partial charge in [0.25, 0.3) is 5.69 Å². The van der Waals surface area contributed by atoms with Crippen LogP contribution in [0.25, 0.3) is 0 Å². The van der Waals surface area contributed by atoms with Crippen molar-refractivity contribution in [2.24, 2.45) is 10.2 Å². The van der Waals surface area contributed by atoms with Gasteiger partial charge in [-0.1, -0.05) is 0 Å². The number of nitro benzene ring substituents is 2. The molecule has 0 aliphatic carbocycles. The molecule has 0 heterocycles. The van der Waals surface area contributed by atoms with Crippen LogP contribution in [0.4, 0.5) is 34.1 Å². The Kier molecular flexibility index (Phi) is 10.1. The van der Waals surface area contributed by atoms with Crippen molar-refractivity contribution in [2.75, 3.05) is 36.5 Å². The molecule has 0 aromatic heterocycles. The predicted octanol–water partition coefficient (Wildman–Crippen LogP) is 3.81. The molecule has 1 N–H and O–H groups in total. The third-order valence-electron chi connectivity index (χ3n) is 4.62. The number of ether oxygens (including phenoxy) is 2. The number of benzene rings is 2. The number of rotatable bonds is 12. The number of non-ortho nitro benzene ring substituents is 1. The van der Waals surface area contributed by atoms with Crippen LogP contribution in [0, 0.1) is 20.2 Å². The summed E-state index contributed by atoms with van der Waals surface area (Å²) in [6.45, 7) is 4.41. The third-order valence-corrected chi connectivity index (χ3v) is 4.62. The second-order valence-corrected chi connectivity index (χ2v) is 7.44. The number of anilines is 2. The highest BCUT2D eigenvalue weighted by molar-refractivity contribution is 5.93. The summed E-state index contributed by atoms with van der Waals surface area (Å²) < 4.78 is 9.98. The molecule has 0 radical (unpaired) electrons. The lowest BCUT2D eigenvalue weighted by molar-refractivity contribution is -0.393. The van der Waals surface area contributed by atoms with Crippen LogP contribution in [-0.4, -0.2) is 54.0 Å². The SMILES string of the molecule is CC(=O)Nc1cc(N(CCOC(C)=O)CCOC(C)=O)ccc1N=Nc1ccc([N+](=O)[O-])cc1[N+](=O)[O-]. The zero-order valence-electron chi connectivity index (χ0n) is 20.2. The fraction of sp³-hybridized carbons (Fsp3) is 0.318. The highest BCUT2D eigenvalue weighted by Crippen LogP contribution is 2.35. The van der Waals surface area contributed by atoms with E-state index >= 15 is 0 Å². The van der Waals surface area contributed by atoms with Crippen molar-refractivity contribution in [3.05, 3.63) is 56.6 Å². The van der Waals surface area contributed by atoms with Gasteiger partial charge in [-0.05, 0) is 24.3 Å². The first kappa shape index (κ1) is 28.3. The molecule has 196 valence electrons. The van der Waals surface area contributed by atoms with Crippen LogP contribution in [0.1, 0.15) is 20.8 Å². The van der Waals surface area contributed by atoms with Crippen molar-refractivity contribution >= 4 is 52.0 Å². The van der Waals surface area contributed by atoms with Crippen molar-refractivity contribution in [3.63, 3.8) is 0 Å². The van der Waals surface area contributed by atoms with E-state index in [1.165, 1.54) is 26.8 Å². The zero-order chi connectivity index (χ0) is 27.5. The first-order chi connectivity index (χ1) is 17.5. The van der Waals surface area contributed by atoms with Gasteiger partial charge in [0.05, 0.1) is 34.7 Å². The lowest BCUT2D eigenvalue weighted by Gasteiger charge is -2.25. The van der Waals surface area contributed by atoms with E-state index in [1.54, 1.807) is 17.0 Å². The molecule has 0 aliphatic heterocycles. The highest BCUT2D eigenvalue weighted by atomic mass is 16.6. The van der Waals surface area contributed by atoms with Gasteiger partial charge in [-0.15, -0.1) is 10.2 Å². The van der Waals surface area contributed by atoms with E-state index in [2.05, 4.69) is 15.5 Å². The van der Waals surface area contributed by atoms with Gasteiger partial charge in [-0.25, -0.2) is 0 Å². The standard InChI is InChI=1S/C22H24N6O9/c1-14(29)23-21-12-17(26(8-10-36-15(2)30)9-11-37-16(3)31)4-6-19(21)24-25-20-7-5-18(27(32)33)13-22(20)28(34)35/h4-7,12-13H,8-11H2,1-3H3,(H,23,29). The summed E-state index contributed by atoms with van der Waals surface area (Å²) in [6, 6.07) is 7.59. The van der Waals surface area contributed by atoms with Crippen molar-refractivity contribution in [1.82, 2.24) is 0 Å². The van der Waals surface area contributed by atoms with Crippen molar-refractivity contribution in [3.8, 4) is 0 Å². The monoisotopic (exact) mass is 516 g/mol. The number of amides is 1. The Morgan fingerprint density at radius 2 is 1.43 bits per heavy atom.